The number of amides is 1. The molecule has 6 nitrogen and oxygen atoms in total. The molecule has 1 aliphatic carbocycles. The molecule has 7 heteroatoms. The van der Waals surface area contributed by atoms with Gasteiger partial charge in [-0.3, -0.25) is 14.8 Å². The number of aliphatic imine (C=N–C) groups is 2. The van der Waals surface area contributed by atoms with Crippen molar-refractivity contribution in [3.05, 3.63) is 58.7 Å². The zero-order chi connectivity index (χ0) is 19.6. The summed E-state index contributed by atoms with van der Waals surface area (Å²) in [7, 11) is 0. The minimum atomic E-state index is -1.27. The van der Waals surface area contributed by atoms with E-state index in [0.29, 0.717) is 29.9 Å². The van der Waals surface area contributed by atoms with Crippen molar-refractivity contribution in [2.75, 3.05) is 0 Å². The van der Waals surface area contributed by atoms with Gasteiger partial charge in [0.05, 0.1) is 12.1 Å². The molecule has 1 aromatic rings. The molecule has 0 aromatic heterocycles. The summed E-state index contributed by atoms with van der Waals surface area (Å²) in [6.07, 6.45) is 10.0. The zero-order valence-electron chi connectivity index (χ0n) is 14.9. The Morgan fingerprint density at radius 1 is 1.19 bits per heavy atom. The van der Waals surface area contributed by atoms with Gasteiger partial charge in [0.1, 0.15) is 0 Å². The number of aliphatic hydroxyl groups is 2. The minimum Gasteiger partial charge on any atom is -0.368 e. The molecular formula is C20H24ClN3O3. The lowest BCUT2D eigenvalue weighted by molar-refractivity contribution is -0.114. The number of nitrogens with zero attached hydrogens (tertiary/aromatic N) is 2. The molecule has 1 amide bonds. The summed E-state index contributed by atoms with van der Waals surface area (Å²) in [5, 5.41) is 18.3. The highest BCUT2D eigenvalue weighted by Gasteiger charge is 2.20. The van der Waals surface area contributed by atoms with Crippen LogP contribution in [0.2, 0.25) is 5.02 Å². The van der Waals surface area contributed by atoms with Gasteiger partial charge >= 0.3 is 0 Å². The lowest BCUT2D eigenvalue weighted by Gasteiger charge is -2.19. The zero-order valence-corrected chi connectivity index (χ0v) is 15.7. The van der Waals surface area contributed by atoms with Crippen molar-refractivity contribution in [2.45, 2.75) is 44.1 Å². The first kappa shape index (κ1) is 21.0. The molecule has 0 radical (unpaired) electrons. The van der Waals surface area contributed by atoms with E-state index in [0.717, 1.165) is 12.0 Å². The Morgan fingerprint density at radius 3 is 2.59 bits per heavy atom. The van der Waals surface area contributed by atoms with Gasteiger partial charge in [0.15, 0.2) is 6.29 Å². The van der Waals surface area contributed by atoms with E-state index in [1.54, 1.807) is 36.7 Å². The van der Waals surface area contributed by atoms with Crippen molar-refractivity contribution in [3.8, 4) is 0 Å². The molecule has 0 spiro atoms. The molecular weight excluding hydrogens is 366 g/mol. The third kappa shape index (κ3) is 7.46. The number of unbranched alkanes of at least 4 members (excludes halogenated alkanes) is 2. The van der Waals surface area contributed by atoms with Gasteiger partial charge in [-0.05, 0) is 55.7 Å². The topological polar surface area (TPSA) is 108 Å². The van der Waals surface area contributed by atoms with Gasteiger partial charge in [-0.1, -0.05) is 35.9 Å². The Balaban J connectivity index is 2.02. The molecule has 0 bridgehead atoms. The van der Waals surface area contributed by atoms with Crippen LogP contribution in [0.5, 0.6) is 0 Å². The predicted molar refractivity (Wildman–Crippen MR) is 108 cm³/mol. The fourth-order valence-electron chi connectivity index (χ4n) is 2.57. The van der Waals surface area contributed by atoms with Crippen LogP contribution in [0.3, 0.4) is 0 Å². The van der Waals surface area contributed by atoms with Crippen molar-refractivity contribution in [1.29, 1.82) is 0 Å². The van der Waals surface area contributed by atoms with Crippen molar-refractivity contribution < 1.29 is 15.0 Å². The fourth-order valence-corrected chi connectivity index (χ4v) is 2.69. The van der Waals surface area contributed by atoms with E-state index < -0.39 is 12.2 Å². The Bertz CT molecular complexity index is 739. The first-order valence-electron chi connectivity index (χ1n) is 8.82. The second-order valence-corrected chi connectivity index (χ2v) is 6.69. The normalized spacial score (nSPS) is 19.9. The number of rotatable bonds is 9. The maximum Gasteiger partial charge on any atom is 0.248 e. The third-order valence-corrected chi connectivity index (χ3v) is 4.30. The standard InChI is InChI=1S/C20H24ClN3O3/c21-16-8-5-14(6-9-16)13-24-17-10-7-15(20(22)27)12-18(17)23-11-3-1-2-4-19(25)26/h5-13,17-19,25-26H,1-4H2,(H2,22,27)/b23-11+,24-13+. The largest absolute Gasteiger partial charge is 0.368 e. The van der Waals surface area contributed by atoms with Crippen LogP contribution in [0.25, 0.3) is 0 Å². The van der Waals surface area contributed by atoms with Crippen molar-refractivity contribution >= 4 is 29.9 Å². The number of primary amides is 1. The molecule has 2 rings (SSSR count). The van der Waals surface area contributed by atoms with E-state index in [9.17, 15) is 4.79 Å². The van der Waals surface area contributed by atoms with Gasteiger partial charge in [0, 0.05) is 16.8 Å². The lowest BCUT2D eigenvalue weighted by Crippen LogP contribution is -2.25. The van der Waals surface area contributed by atoms with Crippen molar-refractivity contribution in [3.63, 3.8) is 0 Å². The predicted octanol–water partition coefficient (Wildman–Crippen LogP) is 2.42. The molecule has 0 fully saturated rings. The fraction of sp³-hybridized carbons (Fsp3) is 0.350. The number of carbonyl (C=O) groups excluding carboxylic acids is 1. The molecule has 0 saturated carbocycles. The van der Waals surface area contributed by atoms with E-state index in [1.165, 1.54) is 0 Å². The van der Waals surface area contributed by atoms with Crippen LogP contribution in [0.15, 0.2) is 58.1 Å². The van der Waals surface area contributed by atoms with Crippen LogP contribution < -0.4 is 5.73 Å². The highest BCUT2D eigenvalue weighted by Crippen LogP contribution is 2.18. The Kier molecular flexibility index (Phi) is 8.39. The molecule has 1 aliphatic rings. The Labute approximate surface area is 163 Å². The number of nitrogens with two attached hydrogens (primary N) is 1. The number of hydrogen-bond donors (Lipinski definition) is 3. The van der Waals surface area contributed by atoms with E-state index in [-0.39, 0.29) is 12.1 Å². The summed E-state index contributed by atoms with van der Waals surface area (Å²) in [5.74, 6) is -0.497. The molecule has 144 valence electrons. The summed E-state index contributed by atoms with van der Waals surface area (Å²) in [4.78, 5) is 20.5. The summed E-state index contributed by atoms with van der Waals surface area (Å²) in [6, 6.07) is 6.78. The van der Waals surface area contributed by atoms with Gasteiger partial charge in [-0.2, -0.15) is 0 Å². The second-order valence-electron chi connectivity index (χ2n) is 6.25. The van der Waals surface area contributed by atoms with Gasteiger partial charge < -0.3 is 15.9 Å². The van der Waals surface area contributed by atoms with Crippen LogP contribution in [-0.4, -0.2) is 46.9 Å². The van der Waals surface area contributed by atoms with Crippen LogP contribution >= 0.6 is 11.6 Å². The lowest BCUT2D eigenvalue weighted by atomic mass is 9.98. The molecule has 2 unspecified atom stereocenters. The maximum atomic E-state index is 11.4. The van der Waals surface area contributed by atoms with Crippen molar-refractivity contribution in [2.24, 2.45) is 15.7 Å². The average molecular weight is 390 g/mol. The van der Waals surface area contributed by atoms with E-state index in [1.807, 2.05) is 18.2 Å². The third-order valence-electron chi connectivity index (χ3n) is 4.05. The Hall–Kier alpha value is -2.28. The number of aliphatic hydroxyl groups excluding tert-OH is 1. The molecule has 2 atom stereocenters. The number of carbonyl (C=O) groups is 1. The highest BCUT2D eigenvalue weighted by molar-refractivity contribution is 6.30. The maximum absolute atomic E-state index is 11.4. The molecule has 27 heavy (non-hydrogen) atoms. The highest BCUT2D eigenvalue weighted by atomic mass is 35.5. The van der Waals surface area contributed by atoms with E-state index >= 15 is 0 Å². The van der Waals surface area contributed by atoms with Gasteiger partial charge in [0.25, 0.3) is 0 Å². The molecule has 0 heterocycles. The Morgan fingerprint density at radius 2 is 1.93 bits per heavy atom. The quantitative estimate of drug-likeness (QED) is 0.343. The molecule has 4 N–H and O–H groups in total. The second kappa shape index (κ2) is 10.8. The number of hydrogen-bond acceptors (Lipinski definition) is 5. The summed E-state index contributed by atoms with van der Waals surface area (Å²) >= 11 is 5.89. The average Bonchev–Trinajstić information content (AvgIpc) is 2.64. The van der Waals surface area contributed by atoms with E-state index in [2.05, 4.69) is 9.98 Å². The van der Waals surface area contributed by atoms with Crippen LogP contribution in [0.4, 0.5) is 0 Å². The molecule has 1 aromatic carbocycles. The van der Waals surface area contributed by atoms with E-state index in [4.69, 9.17) is 27.5 Å². The van der Waals surface area contributed by atoms with Gasteiger partial charge in [-0.15, -0.1) is 0 Å². The van der Waals surface area contributed by atoms with Crippen LogP contribution in [-0.2, 0) is 4.79 Å². The van der Waals surface area contributed by atoms with Crippen LogP contribution in [0.1, 0.15) is 31.2 Å². The smallest absolute Gasteiger partial charge is 0.248 e. The molecule has 0 aliphatic heterocycles. The summed E-state index contributed by atoms with van der Waals surface area (Å²) in [5.41, 5.74) is 6.70. The minimum absolute atomic E-state index is 0.237. The van der Waals surface area contributed by atoms with Gasteiger partial charge in [0.2, 0.25) is 5.91 Å². The monoisotopic (exact) mass is 389 g/mol. The van der Waals surface area contributed by atoms with Crippen molar-refractivity contribution in [1.82, 2.24) is 0 Å². The first-order valence-corrected chi connectivity index (χ1v) is 9.20. The molecule has 0 saturated heterocycles. The number of benzene rings is 1. The van der Waals surface area contributed by atoms with Gasteiger partial charge in [-0.25, -0.2) is 0 Å². The van der Waals surface area contributed by atoms with Crippen LogP contribution in [0, 0.1) is 0 Å². The first-order chi connectivity index (χ1) is 13.0. The SMILES string of the molecule is NC(=O)C1=CC(/N=C/CCCCC(O)O)C(/N=C/c2ccc(Cl)cc2)C=C1. The summed E-state index contributed by atoms with van der Waals surface area (Å²) < 4.78 is 0. The summed E-state index contributed by atoms with van der Waals surface area (Å²) in [6.45, 7) is 0. The number of halogens is 1.